The zero-order valence-corrected chi connectivity index (χ0v) is 13.7. The Morgan fingerprint density at radius 1 is 1.33 bits per heavy atom. The number of furan rings is 1. The molecule has 0 saturated carbocycles. The van der Waals surface area contributed by atoms with Crippen LogP contribution in [0.2, 0.25) is 5.02 Å². The number of ether oxygens (including phenoxy) is 1. The van der Waals surface area contributed by atoms with Gasteiger partial charge in [-0.25, -0.2) is 5.01 Å². The monoisotopic (exact) mass is 346 g/mol. The van der Waals surface area contributed by atoms with Crippen LogP contribution >= 0.6 is 11.6 Å². The van der Waals surface area contributed by atoms with Gasteiger partial charge in [0.05, 0.1) is 12.0 Å². The summed E-state index contributed by atoms with van der Waals surface area (Å²) in [4.78, 5) is 23.3. The van der Waals surface area contributed by atoms with E-state index in [1.807, 2.05) is 12.1 Å². The Bertz CT molecular complexity index is 768. The molecule has 1 amide bonds. The molecule has 1 aliphatic rings. The van der Waals surface area contributed by atoms with Crippen LogP contribution in [-0.2, 0) is 14.3 Å². The molecule has 2 aromatic rings. The summed E-state index contributed by atoms with van der Waals surface area (Å²) in [5.74, 6) is -0.298. The molecular weight excluding hydrogens is 332 g/mol. The van der Waals surface area contributed by atoms with Crippen LogP contribution in [-0.4, -0.2) is 29.2 Å². The third-order valence-electron chi connectivity index (χ3n) is 3.61. The largest absolute Gasteiger partial charge is 0.467 e. The van der Waals surface area contributed by atoms with E-state index in [2.05, 4.69) is 5.10 Å². The van der Waals surface area contributed by atoms with E-state index in [-0.39, 0.29) is 12.6 Å². The number of carbonyl (C=O) groups is 2. The van der Waals surface area contributed by atoms with Crippen molar-refractivity contribution < 1.29 is 18.7 Å². The molecule has 3 rings (SSSR count). The van der Waals surface area contributed by atoms with E-state index < -0.39 is 11.9 Å². The van der Waals surface area contributed by atoms with E-state index in [4.69, 9.17) is 20.8 Å². The quantitative estimate of drug-likeness (QED) is 0.797. The number of hydrazone groups is 1. The van der Waals surface area contributed by atoms with E-state index in [9.17, 15) is 9.59 Å². The van der Waals surface area contributed by atoms with E-state index in [0.717, 1.165) is 11.3 Å². The molecule has 0 unspecified atom stereocenters. The van der Waals surface area contributed by atoms with Crippen molar-refractivity contribution in [3.63, 3.8) is 0 Å². The SMILES string of the molecule is CC(=O)OCC(=O)N1N=C(c2ccc(Cl)cc2)C[C@H]1c1ccco1. The summed E-state index contributed by atoms with van der Waals surface area (Å²) in [5, 5.41) is 6.35. The van der Waals surface area contributed by atoms with Gasteiger partial charge in [-0.1, -0.05) is 23.7 Å². The van der Waals surface area contributed by atoms with Crippen molar-refractivity contribution in [3.05, 3.63) is 59.0 Å². The summed E-state index contributed by atoms with van der Waals surface area (Å²) in [5.41, 5.74) is 1.61. The Balaban J connectivity index is 1.86. The van der Waals surface area contributed by atoms with Crippen molar-refractivity contribution in [2.75, 3.05) is 6.61 Å². The van der Waals surface area contributed by atoms with Crippen molar-refractivity contribution in [2.24, 2.45) is 5.10 Å². The number of hydrogen-bond acceptors (Lipinski definition) is 5. The Morgan fingerprint density at radius 3 is 2.71 bits per heavy atom. The van der Waals surface area contributed by atoms with Crippen LogP contribution in [0.5, 0.6) is 0 Å². The molecule has 1 atom stereocenters. The zero-order valence-electron chi connectivity index (χ0n) is 12.9. The van der Waals surface area contributed by atoms with Gasteiger partial charge in [0.15, 0.2) is 6.61 Å². The highest BCUT2D eigenvalue weighted by atomic mass is 35.5. The lowest BCUT2D eigenvalue weighted by atomic mass is 10.0. The minimum atomic E-state index is -0.515. The Kier molecular flexibility index (Phi) is 4.66. The summed E-state index contributed by atoms with van der Waals surface area (Å²) in [7, 11) is 0. The van der Waals surface area contributed by atoms with Crippen LogP contribution in [0.1, 0.15) is 30.7 Å². The summed E-state index contributed by atoms with van der Waals surface area (Å²) >= 11 is 5.91. The van der Waals surface area contributed by atoms with Gasteiger partial charge in [0.2, 0.25) is 0 Å². The molecule has 1 aromatic carbocycles. The van der Waals surface area contributed by atoms with Crippen LogP contribution in [0.15, 0.2) is 52.2 Å². The van der Waals surface area contributed by atoms with Crippen LogP contribution in [0.4, 0.5) is 0 Å². The van der Waals surface area contributed by atoms with Crippen molar-refractivity contribution in [1.29, 1.82) is 0 Å². The first-order valence-corrected chi connectivity index (χ1v) is 7.74. The van der Waals surface area contributed by atoms with Gasteiger partial charge in [0.1, 0.15) is 11.8 Å². The van der Waals surface area contributed by atoms with Crippen LogP contribution in [0.25, 0.3) is 0 Å². The number of amides is 1. The first-order chi connectivity index (χ1) is 11.5. The molecule has 1 aliphatic heterocycles. The molecule has 24 heavy (non-hydrogen) atoms. The molecule has 0 bridgehead atoms. The molecule has 2 heterocycles. The number of nitrogens with zero attached hydrogens (tertiary/aromatic N) is 2. The van der Waals surface area contributed by atoms with Gasteiger partial charge in [-0.05, 0) is 29.8 Å². The van der Waals surface area contributed by atoms with Gasteiger partial charge < -0.3 is 9.15 Å². The second-order valence-electron chi connectivity index (χ2n) is 5.31. The standard InChI is InChI=1S/C17H15ClN2O4/c1-11(21)24-10-17(22)20-15(16-3-2-8-23-16)9-14(19-20)12-4-6-13(18)7-5-12/h2-8,15H,9-10H2,1H3/t15-/m0/s1. The molecule has 0 saturated heterocycles. The second-order valence-corrected chi connectivity index (χ2v) is 5.74. The fourth-order valence-electron chi connectivity index (χ4n) is 2.49. The lowest BCUT2D eigenvalue weighted by molar-refractivity contribution is -0.151. The Hall–Kier alpha value is -2.60. The third-order valence-corrected chi connectivity index (χ3v) is 3.87. The topological polar surface area (TPSA) is 72.1 Å². The lowest BCUT2D eigenvalue weighted by Crippen LogP contribution is -2.30. The molecule has 0 N–H and O–H groups in total. The smallest absolute Gasteiger partial charge is 0.303 e. The minimum absolute atomic E-state index is 0.357. The maximum absolute atomic E-state index is 12.4. The van der Waals surface area contributed by atoms with Gasteiger partial charge >= 0.3 is 5.97 Å². The molecule has 7 heteroatoms. The highest BCUT2D eigenvalue weighted by molar-refractivity contribution is 6.30. The third kappa shape index (κ3) is 3.49. The average molecular weight is 347 g/mol. The number of esters is 1. The zero-order chi connectivity index (χ0) is 17.1. The van der Waals surface area contributed by atoms with Gasteiger partial charge in [0.25, 0.3) is 5.91 Å². The minimum Gasteiger partial charge on any atom is -0.467 e. The predicted molar refractivity (Wildman–Crippen MR) is 87.5 cm³/mol. The first kappa shape index (κ1) is 16.3. The van der Waals surface area contributed by atoms with E-state index in [1.165, 1.54) is 11.9 Å². The highest BCUT2D eigenvalue weighted by Crippen LogP contribution is 2.33. The van der Waals surface area contributed by atoms with E-state index in [0.29, 0.717) is 17.2 Å². The second kappa shape index (κ2) is 6.88. The molecule has 124 valence electrons. The fraction of sp³-hybridized carbons (Fsp3) is 0.235. The average Bonchev–Trinajstić information content (AvgIpc) is 3.22. The predicted octanol–water partition coefficient (Wildman–Crippen LogP) is 3.17. The summed E-state index contributed by atoms with van der Waals surface area (Å²) in [6.45, 7) is 0.896. The van der Waals surface area contributed by atoms with Crippen LogP contribution in [0, 0.1) is 0 Å². The Morgan fingerprint density at radius 2 is 2.08 bits per heavy atom. The molecular formula is C17H15ClN2O4. The molecule has 6 nitrogen and oxygen atoms in total. The first-order valence-electron chi connectivity index (χ1n) is 7.37. The number of carbonyl (C=O) groups excluding carboxylic acids is 2. The van der Waals surface area contributed by atoms with Crippen molar-refractivity contribution in [1.82, 2.24) is 5.01 Å². The van der Waals surface area contributed by atoms with Crippen LogP contribution < -0.4 is 0 Å². The molecule has 0 aliphatic carbocycles. The lowest BCUT2D eigenvalue weighted by Gasteiger charge is -2.19. The number of rotatable bonds is 4. The van der Waals surface area contributed by atoms with Gasteiger partial charge in [-0.3, -0.25) is 9.59 Å². The van der Waals surface area contributed by atoms with Gasteiger partial charge in [-0.15, -0.1) is 0 Å². The summed E-state index contributed by atoms with van der Waals surface area (Å²) in [6.07, 6.45) is 2.05. The maximum Gasteiger partial charge on any atom is 0.303 e. The van der Waals surface area contributed by atoms with Gasteiger partial charge in [-0.2, -0.15) is 5.10 Å². The molecule has 0 spiro atoms. The molecule has 0 radical (unpaired) electrons. The molecule has 0 fully saturated rings. The van der Waals surface area contributed by atoms with Crippen LogP contribution in [0.3, 0.4) is 0 Å². The highest BCUT2D eigenvalue weighted by Gasteiger charge is 2.35. The van der Waals surface area contributed by atoms with E-state index in [1.54, 1.807) is 30.5 Å². The fourth-order valence-corrected chi connectivity index (χ4v) is 2.62. The maximum atomic E-state index is 12.4. The van der Waals surface area contributed by atoms with Crippen molar-refractivity contribution in [3.8, 4) is 0 Å². The number of hydrogen-bond donors (Lipinski definition) is 0. The number of halogens is 1. The molecule has 1 aromatic heterocycles. The summed E-state index contributed by atoms with van der Waals surface area (Å²) < 4.78 is 10.2. The Labute approximate surface area is 143 Å². The van der Waals surface area contributed by atoms with E-state index >= 15 is 0 Å². The van der Waals surface area contributed by atoms with Gasteiger partial charge in [0, 0.05) is 18.4 Å². The van der Waals surface area contributed by atoms with Crippen molar-refractivity contribution >= 4 is 29.2 Å². The number of benzene rings is 1. The normalized spacial score (nSPS) is 16.8. The van der Waals surface area contributed by atoms with Crippen molar-refractivity contribution in [2.45, 2.75) is 19.4 Å². The summed E-state index contributed by atoms with van der Waals surface area (Å²) in [6, 6.07) is 10.4.